The first-order chi connectivity index (χ1) is 18.0. The molecular formula is C26H17Cl5N2O5. The second-order valence-electron chi connectivity index (χ2n) is 8.31. The number of nitrogens with zero attached hydrogens (tertiary/aromatic N) is 1. The number of anilines is 1. The van der Waals surface area contributed by atoms with Crippen LogP contribution in [0.25, 0.3) is 0 Å². The van der Waals surface area contributed by atoms with E-state index in [-0.39, 0.29) is 37.6 Å². The zero-order valence-electron chi connectivity index (χ0n) is 19.5. The fourth-order valence-corrected chi connectivity index (χ4v) is 5.19. The molecule has 1 heterocycles. The maximum Gasteiger partial charge on any atom is 0.330 e. The highest BCUT2D eigenvalue weighted by molar-refractivity contribution is 6.55. The molecule has 7 nitrogen and oxygen atoms in total. The van der Waals surface area contributed by atoms with Crippen molar-refractivity contribution in [3.8, 4) is 0 Å². The number of esters is 1. The number of hydrogen-bond donors (Lipinski definition) is 1. The Morgan fingerprint density at radius 3 is 2.00 bits per heavy atom. The van der Waals surface area contributed by atoms with E-state index in [0.29, 0.717) is 26.7 Å². The monoisotopic (exact) mass is 612 g/mol. The average molecular weight is 615 g/mol. The summed E-state index contributed by atoms with van der Waals surface area (Å²) >= 11 is 30.6. The number of nitrogens with one attached hydrogen (secondary N) is 1. The third kappa shape index (κ3) is 5.48. The van der Waals surface area contributed by atoms with Crippen LogP contribution in [-0.4, -0.2) is 41.2 Å². The lowest BCUT2D eigenvalue weighted by Crippen LogP contribution is -2.47. The molecule has 1 aliphatic rings. The van der Waals surface area contributed by atoms with Crippen LogP contribution in [0.5, 0.6) is 0 Å². The van der Waals surface area contributed by atoms with E-state index in [0.717, 1.165) is 0 Å². The fraction of sp³-hybridized carbons (Fsp3) is 0.154. The lowest BCUT2D eigenvalue weighted by atomic mass is 10.0. The van der Waals surface area contributed by atoms with Gasteiger partial charge in [0.15, 0.2) is 6.61 Å². The van der Waals surface area contributed by atoms with Gasteiger partial charge in [-0.25, -0.2) is 4.79 Å². The molecule has 1 aliphatic heterocycles. The van der Waals surface area contributed by atoms with Crippen molar-refractivity contribution in [2.75, 3.05) is 11.9 Å². The number of fused-ring (bicyclic) bond motifs is 1. The molecule has 0 radical (unpaired) electrons. The van der Waals surface area contributed by atoms with Gasteiger partial charge < -0.3 is 10.1 Å². The second-order valence-corrected chi connectivity index (χ2v) is 10.3. The van der Waals surface area contributed by atoms with E-state index >= 15 is 0 Å². The molecule has 3 aromatic rings. The number of amides is 3. The van der Waals surface area contributed by atoms with Crippen molar-refractivity contribution in [2.45, 2.75) is 19.4 Å². The molecule has 38 heavy (non-hydrogen) atoms. The third-order valence-electron chi connectivity index (χ3n) is 5.80. The predicted octanol–water partition coefficient (Wildman–Crippen LogP) is 6.65. The predicted molar refractivity (Wildman–Crippen MR) is 147 cm³/mol. The number of halogens is 5. The molecule has 4 rings (SSSR count). The summed E-state index contributed by atoms with van der Waals surface area (Å²) in [6, 6.07) is 12.1. The van der Waals surface area contributed by atoms with Crippen LogP contribution >= 0.6 is 58.0 Å². The molecule has 12 heteroatoms. The highest BCUT2D eigenvalue weighted by Crippen LogP contribution is 2.45. The van der Waals surface area contributed by atoms with Gasteiger partial charge in [0.25, 0.3) is 17.7 Å². The summed E-state index contributed by atoms with van der Waals surface area (Å²) in [7, 11) is 0. The molecule has 0 aromatic heterocycles. The number of ether oxygens (including phenoxy) is 1. The Labute approximate surface area is 242 Å². The Morgan fingerprint density at radius 2 is 1.45 bits per heavy atom. The largest absolute Gasteiger partial charge is 0.454 e. The molecule has 0 fully saturated rings. The fourth-order valence-electron chi connectivity index (χ4n) is 3.95. The summed E-state index contributed by atoms with van der Waals surface area (Å²) in [5.74, 6) is -3.41. The average Bonchev–Trinajstić information content (AvgIpc) is 3.15. The van der Waals surface area contributed by atoms with Crippen LogP contribution in [0.15, 0.2) is 48.5 Å². The lowest BCUT2D eigenvalue weighted by molar-refractivity contribution is -0.151. The van der Waals surface area contributed by atoms with Crippen molar-refractivity contribution in [2.24, 2.45) is 0 Å². The summed E-state index contributed by atoms with van der Waals surface area (Å²) in [5.41, 5.74) is 1.28. The Balaban J connectivity index is 1.60. The van der Waals surface area contributed by atoms with Gasteiger partial charge >= 0.3 is 5.97 Å². The summed E-state index contributed by atoms with van der Waals surface area (Å²) in [6.07, 6.45) is -0.0975. The van der Waals surface area contributed by atoms with Crippen LogP contribution < -0.4 is 5.32 Å². The quantitative estimate of drug-likeness (QED) is 0.139. The van der Waals surface area contributed by atoms with Crippen LogP contribution in [0.2, 0.25) is 25.1 Å². The molecule has 0 spiro atoms. The van der Waals surface area contributed by atoms with Crippen LogP contribution in [0.1, 0.15) is 31.8 Å². The van der Waals surface area contributed by atoms with Crippen LogP contribution in [0, 0.1) is 6.92 Å². The van der Waals surface area contributed by atoms with Gasteiger partial charge in [0.05, 0.1) is 31.2 Å². The molecule has 0 bridgehead atoms. The number of carbonyl (C=O) groups excluding carboxylic acids is 4. The number of imide groups is 1. The Kier molecular flexibility index (Phi) is 8.55. The van der Waals surface area contributed by atoms with Crippen molar-refractivity contribution in [1.29, 1.82) is 0 Å². The van der Waals surface area contributed by atoms with E-state index in [1.165, 1.54) is 0 Å². The first kappa shape index (κ1) is 28.2. The molecular weight excluding hydrogens is 598 g/mol. The van der Waals surface area contributed by atoms with Gasteiger partial charge in [-0.1, -0.05) is 88.3 Å². The molecule has 0 aliphatic carbocycles. The number of carbonyl (C=O) groups is 4. The summed E-state index contributed by atoms with van der Waals surface area (Å²) in [4.78, 5) is 53.2. The van der Waals surface area contributed by atoms with E-state index in [1.54, 1.807) is 55.5 Å². The lowest BCUT2D eigenvalue weighted by Gasteiger charge is -2.24. The van der Waals surface area contributed by atoms with Crippen molar-refractivity contribution in [1.82, 2.24) is 4.90 Å². The van der Waals surface area contributed by atoms with Crippen molar-refractivity contribution in [3.63, 3.8) is 0 Å². The molecule has 0 unspecified atom stereocenters. The van der Waals surface area contributed by atoms with Crippen molar-refractivity contribution < 1.29 is 23.9 Å². The smallest absolute Gasteiger partial charge is 0.330 e. The normalized spacial score (nSPS) is 13.4. The molecule has 3 amide bonds. The van der Waals surface area contributed by atoms with Gasteiger partial charge in [-0.3, -0.25) is 19.3 Å². The minimum atomic E-state index is -1.44. The standard InChI is InChI=1S/C26H17Cl5N2O5/c1-12-9-14(27)7-8-15(12)32-17(34)11-38-26(37)16(10-13-5-3-2-4-6-13)33-24(35)18-19(25(33)36)21(29)23(31)22(30)20(18)28/h2-9,16H,10-11H2,1H3,(H,32,34)/t16-/m0/s1. The van der Waals surface area contributed by atoms with Gasteiger partial charge in [-0.15, -0.1) is 0 Å². The Bertz CT molecular complexity index is 1430. The minimum absolute atomic E-state index is 0.0975. The number of hydrogen-bond acceptors (Lipinski definition) is 5. The van der Waals surface area contributed by atoms with Gasteiger partial charge in [-0.2, -0.15) is 0 Å². The molecule has 0 saturated carbocycles. The molecule has 3 aromatic carbocycles. The van der Waals surface area contributed by atoms with Crippen LogP contribution in [0.4, 0.5) is 5.69 Å². The number of rotatable bonds is 7. The van der Waals surface area contributed by atoms with Crippen molar-refractivity contribution in [3.05, 3.63) is 95.9 Å². The minimum Gasteiger partial charge on any atom is -0.454 e. The zero-order chi connectivity index (χ0) is 27.7. The van der Waals surface area contributed by atoms with Crippen LogP contribution in [-0.2, 0) is 20.7 Å². The zero-order valence-corrected chi connectivity index (χ0v) is 23.3. The number of benzene rings is 3. The summed E-state index contributed by atoms with van der Waals surface area (Å²) in [6.45, 7) is 1.08. The highest BCUT2D eigenvalue weighted by Gasteiger charge is 2.47. The Morgan fingerprint density at radius 1 is 0.868 bits per heavy atom. The van der Waals surface area contributed by atoms with Crippen LogP contribution in [0.3, 0.4) is 0 Å². The topological polar surface area (TPSA) is 92.8 Å². The number of aryl methyl sites for hydroxylation is 1. The maximum absolute atomic E-state index is 13.4. The van der Waals surface area contributed by atoms with Gasteiger partial charge in [-0.05, 0) is 36.2 Å². The van der Waals surface area contributed by atoms with E-state index < -0.39 is 36.3 Å². The maximum atomic E-state index is 13.4. The molecule has 0 saturated heterocycles. The first-order valence-corrected chi connectivity index (χ1v) is 12.9. The third-order valence-corrected chi connectivity index (χ3v) is 7.83. The molecule has 196 valence electrons. The van der Waals surface area contributed by atoms with Gasteiger partial charge in [0.2, 0.25) is 0 Å². The van der Waals surface area contributed by atoms with Crippen molar-refractivity contribution >= 4 is 87.4 Å². The highest BCUT2D eigenvalue weighted by atomic mass is 35.5. The summed E-state index contributed by atoms with van der Waals surface area (Å²) < 4.78 is 5.25. The van der Waals surface area contributed by atoms with E-state index in [1.807, 2.05) is 0 Å². The molecule has 1 atom stereocenters. The van der Waals surface area contributed by atoms with E-state index in [9.17, 15) is 19.2 Å². The van der Waals surface area contributed by atoms with Gasteiger partial charge in [0, 0.05) is 17.1 Å². The molecule has 1 N–H and O–H groups in total. The SMILES string of the molecule is Cc1cc(Cl)ccc1NC(=O)COC(=O)[C@H](Cc1ccccc1)N1C(=O)c2c(Cl)c(Cl)c(Cl)c(Cl)c2C1=O. The second kappa shape index (κ2) is 11.5. The van der Waals surface area contributed by atoms with E-state index in [4.69, 9.17) is 62.7 Å². The summed E-state index contributed by atoms with van der Waals surface area (Å²) in [5, 5.41) is 2.20. The van der Waals surface area contributed by atoms with Gasteiger partial charge in [0.1, 0.15) is 6.04 Å². The Hall–Kier alpha value is -2.81. The first-order valence-electron chi connectivity index (χ1n) is 11.0. The van der Waals surface area contributed by atoms with E-state index in [2.05, 4.69) is 5.32 Å².